The van der Waals surface area contributed by atoms with Gasteiger partial charge in [-0.1, -0.05) is 6.07 Å². The van der Waals surface area contributed by atoms with Gasteiger partial charge in [0, 0.05) is 30.6 Å². The van der Waals surface area contributed by atoms with E-state index in [1.165, 1.54) is 12.1 Å². The maximum atomic E-state index is 13.9. The van der Waals surface area contributed by atoms with Gasteiger partial charge in [0.15, 0.2) is 0 Å². The number of carbonyl (C=O) groups is 1. The van der Waals surface area contributed by atoms with Crippen LogP contribution in [0.15, 0.2) is 18.2 Å². The van der Waals surface area contributed by atoms with Crippen LogP contribution in [0.3, 0.4) is 0 Å². The third-order valence-electron chi connectivity index (χ3n) is 3.95. The Balaban J connectivity index is 2.35. The molecule has 2 atom stereocenters. The fourth-order valence-electron chi connectivity index (χ4n) is 2.72. The molecule has 110 valence electrons. The molecule has 1 aromatic carbocycles. The smallest absolute Gasteiger partial charge is 0.308 e. The summed E-state index contributed by atoms with van der Waals surface area (Å²) in [4.78, 5) is 13.4. The quantitative estimate of drug-likeness (QED) is 0.907. The number of rotatable bonds is 2. The first kappa shape index (κ1) is 14.9. The van der Waals surface area contributed by atoms with Crippen LogP contribution in [0.4, 0.5) is 8.78 Å². The summed E-state index contributed by atoms with van der Waals surface area (Å²) in [5.41, 5.74) is 0.101. The molecule has 1 aromatic rings. The summed E-state index contributed by atoms with van der Waals surface area (Å²) in [6.45, 7) is 6.82. The lowest BCUT2D eigenvalue weighted by molar-refractivity contribution is -0.141. The Bertz CT molecular complexity index is 525. The first-order valence-corrected chi connectivity index (χ1v) is 6.63. The largest absolute Gasteiger partial charge is 0.481 e. The normalized spacial score (nSPS) is 24.1. The second-order valence-corrected chi connectivity index (χ2v) is 6.29. The van der Waals surface area contributed by atoms with Gasteiger partial charge in [0.1, 0.15) is 11.6 Å². The van der Waals surface area contributed by atoms with E-state index in [1.807, 2.05) is 25.7 Å². The molecule has 1 saturated heterocycles. The van der Waals surface area contributed by atoms with Crippen LogP contribution >= 0.6 is 0 Å². The summed E-state index contributed by atoms with van der Waals surface area (Å²) >= 11 is 0. The van der Waals surface area contributed by atoms with Crippen molar-refractivity contribution in [2.75, 3.05) is 13.1 Å². The molecule has 1 fully saturated rings. The monoisotopic (exact) mass is 283 g/mol. The molecule has 0 bridgehead atoms. The fraction of sp³-hybridized carbons (Fsp3) is 0.533. The molecule has 0 radical (unpaired) electrons. The molecule has 1 N–H and O–H groups in total. The predicted octanol–water partition coefficient (Wildman–Crippen LogP) is 2.86. The number of likely N-dealkylation sites (tertiary alicyclic amines) is 1. The Morgan fingerprint density at radius 1 is 1.30 bits per heavy atom. The van der Waals surface area contributed by atoms with Gasteiger partial charge >= 0.3 is 5.97 Å². The zero-order valence-corrected chi connectivity index (χ0v) is 11.9. The molecule has 0 amide bonds. The first-order valence-electron chi connectivity index (χ1n) is 6.63. The molecule has 1 heterocycles. The van der Waals surface area contributed by atoms with Crippen LogP contribution < -0.4 is 0 Å². The summed E-state index contributed by atoms with van der Waals surface area (Å²) in [5.74, 6) is -3.38. The van der Waals surface area contributed by atoms with E-state index in [4.69, 9.17) is 0 Å². The molecule has 2 rings (SSSR count). The maximum Gasteiger partial charge on any atom is 0.308 e. The summed E-state index contributed by atoms with van der Waals surface area (Å²) in [6.07, 6.45) is 0. The summed E-state index contributed by atoms with van der Waals surface area (Å²) in [6, 6.07) is 3.35. The third-order valence-corrected chi connectivity index (χ3v) is 3.95. The highest BCUT2D eigenvalue weighted by Crippen LogP contribution is 2.37. The Labute approximate surface area is 117 Å². The molecular formula is C15H19F2NO2. The predicted molar refractivity (Wildman–Crippen MR) is 71.6 cm³/mol. The van der Waals surface area contributed by atoms with Crippen molar-refractivity contribution < 1.29 is 18.7 Å². The molecule has 1 aliphatic rings. The van der Waals surface area contributed by atoms with Crippen molar-refractivity contribution in [3.05, 3.63) is 35.4 Å². The Hall–Kier alpha value is -1.49. The van der Waals surface area contributed by atoms with E-state index in [-0.39, 0.29) is 11.1 Å². The van der Waals surface area contributed by atoms with Crippen molar-refractivity contribution >= 4 is 5.97 Å². The number of aliphatic carboxylic acids is 1. The van der Waals surface area contributed by atoms with Gasteiger partial charge in [-0.05, 0) is 32.4 Å². The summed E-state index contributed by atoms with van der Waals surface area (Å²) in [7, 11) is 0. The van der Waals surface area contributed by atoms with Crippen LogP contribution in [0.1, 0.15) is 32.3 Å². The summed E-state index contributed by atoms with van der Waals surface area (Å²) in [5, 5.41) is 9.35. The topological polar surface area (TPSA) is 40.5 Å². The lowest BCUT2D eigenvalue weighted by atomic mass is 9.88. The maximum absolute atomic E-state index is 13.9. The van der Waals surface area contributed by atoms with E-state index >= 15 is 0 Å². The Kier molecular flexibility index (Phi) is 3.82. The summed E-state index contributed by atoms with van der Waals surface area (Å²) < 4.78 is 26.9. The van der Waals surface area contributed by atoms with E-state index < -0.39 is 29.4 Å². The van der Waals surface area contributed by atoms with Gasteiger partial charge in [0.25, 0.3) is 0 Å². The van der Waals surface area contributed by atoms with E-state index in [1.54, 1.807) is 0 Å². The minimum absolute atomic E-state index is 0.182. The highest BCUT2D eigenvalue weighted by molar-refractivity contribution is 5.72. The lowest BCUT2D eigenvalue weighted by Crippen LogP contribution is -2.40. The molecule has 20 heavy (non-hydrogen) atoms. The van der Waals surface area contributed by atoms with E-state index in [2.05, 4.69) is 0 Å². The van der Waals surface area contributed by atoms with Gasteiger partial charge in [-0.15, -0.1) is 0 Å². The van der Waals surface area contributed by atoms with Crippen LogP contribution in [0, 0.1) is 17.6 Å². The number of carboxylic acid groups (broad SMARTS) is 1. The highest BCUT2D eigenvalue weighted by atomic mass is 19.1. The van der Waals surface area contributed by atoms with Crippen LogP contribution in [0.25, 0.3) is 0 Å². The molecule has 5 heteroatoms. The molecule has 2 unspecified atom stereocenters. The van der Waals surface area contributed by atoms with E-state index in [0.717, 1.165) is 6.07 Å². The number of hydrogen-bond donors (Lipinski definition) is 1. The first-order chi connectivity index (χ1) is 9.20. The Morgan fingerprint density at radius 2 is 1.95 bits per heavy atom. The van der Waals surface area contributed by atoms with Gasteiger partial charge < -0.3 is 5.11 Å². The van der Waals surface area contributed by atoms with Crippen molar-refractivity contribution in [3.63, 3.8) is 0 Å². The van der Waals surface area contributed by atoms with Crippen LogP contribution in [-0.4, -0.2) is 34.6 Å². The number of hydrogen-bond acceptors (Lipinski definition) is 2. The standard InChI is InChI=1S/C15H19F2NO2/c1-15(2,3)18-7-11(12(8-18)14(19)20)10-5-4-9(16)6-13(10)17/h4-6,11-12H,7-8H2,1-3H3,(H,19,20). The zero-order chi connectivity index (χ0) is 15.1. The molecule has 3 nitrogen and oxygen atoms in total. The van der Waals surface area contributed by atoms with Crippen LogP contribution in [0.2, 0.25) is 0 Å². The zero-order valence-electron chi connectivity index (χ0n) is 11.9. The molecular weight excluding hydrogens is 264 g/mol. The number of benzene rings is 1. The van der Waals surface area contributed by atoms with Crippen LogP contribution in [0.5, 0.6) is 0 Å². The molecule has 0 aromatic heterocycles. The SMILES string of the molecule is CC(C)(C)N1CC(C(=O)O)C(c2ccc(F)cc2F)C1. The minimum atomic E-state index is -0.939. The lowest BCUT2D eigenvalue weighted by Gasteiger charge is -2.31. The van der Waals surface area contributed by atoms with Crippen molar-refractivity contribution in [2.24, 2.45) is 5.92 Å². The molecule has 0 spiro atoms. The van der Waals surface area contributed by atoms with E-state index in [9.17, 15) is 18.7 Å². The van der Waals surface area contributed by atoms with Gasteiger partial charge in [-0.3, -0.25) is 9.69 Å². The van der Waals surface area contributed by atoms with Crippen molar-refractivity contribution in [1.29, 1.82) is 0 Å². The van der Waals surface area contributed by atoms with Crippen molar-refractivity contribution in [1.82, 2.24) is 4.90 Å². The van der Waals surface area contributed by atoms with Crippen molar-refractivity contribution in [3.8, 4) is 0 Å². The van der Waals surface area contributed by atoms with E-state index in [0.29, 0.717) is 13.1 Å². The number of halogens is 2. The van der Waals surface area contributed by atoms with Gasteiger partial charge in [-0.2, -0.15) is 0 Å². The van der Waals surface area contributed by atoms with Crippen LogP contribution in [-0.2, 0) is 4.79 Å². The van der Waals surface area contributed by atoms with Gasteiger partial charge in [-0.25, -0.2) is 8.78 Å². The molecule has 1 aliphatic heterocycles. The fourth-order valence-corrected chi connectivity index (χ4v) is 2.72. The van der Waals surface area contributed by atoms with Gasteiger partial charge in [0.05, 0.1) is 5.92 Å². The number of nitrogens with zero attached hydrogens (tertiary/aromatic N) is 1. The molecule has 0 saturated carbocycles. The average Bonchev–Trinajstić information content (AvgIpc) is 2.73. The Morgan fingerprint density at radius 3 is 2.45 bits per heavy atom. The second-order valence-electron chi connectivity index (χ2n) is 6.29. The number of carboxylic acids is 1. The van der Waals surface area contributed by atoms with Gasteiger partial charge in [0.2, 0.25) is 0 Å². The average molecular weight is 283 g/mol. The molecule has 0 aliphatic carbocycles. The van der Waals surface area contributed by atoms with Crippen molar-refractivity contribution in [2.45, 2.75) is 32.2 Å². The third kappa shape index (κ3) is 2.82. The minimum Gasteiger partial charge on any atom is -0.481 e. The second kappa shape index (κ2) is 5.13. The highest BCUT2D eigenvalue weighted by Gasteiger charge is 2.42.